The molecule has 3 heteroatoms. The van der Waals surface area contributed by atoms with Crippen LogP contribution in [0.1, 0.15) is 29.5 Å². The molecular weight excluding hydrogens is 359 g/mol. The van der Waals surface area contributed by atoms with Crippen LogP contribution in [0.5, 0.6) is 0 Å². The van der Waals surface area contributed by atoms with E-state index < -0.39 is 0 Å². The van der Waals surface area contributed by atoms with Crippen LogP contribution in [0, 0.1) is 9.49 Å². The lowest BCUT2D eigenvalue weighted by Gasteiger charge is -2.37. The van der Waals surface area contributed by atoms with Crippen molar-refractivity contribution in [3.63, 3.8) is 0 Å². The average molecular weight is 374 g/mol. The van der Waals surface area contributed by atoms with Gasteiger partial charge in [-0.1, -0.05) is 12.2 Å². The third kappa shape index (κ3) is 1.95. The van der Waals surface area contributed by atoms with Crippen molar-refractivity contribution >= 4 is 28.3 Å². The van der Waals surface area contributed by atoms with Gasteiger partial charge in [-0.2, -0.15) is 0 Å². The number of pyridine rings is 1. The summed E-state index contributed by atoms with van der Waals surface area (Å²) in [6.07, 6.45) is 9.64. The summed E-state index contributed by atoms with van der Waals surface area (Å²) in [6, 6.07) is 11.3. The monoisotopic (exact) mass is 374 g/mol. The summed E-state index contributed by atoms with van der Waals surface area (Å²) in [7, 11) is 0. The van der Waals surface area contributed by atoms with E-state index in [-0.39, 0.29) is 0 Å². The molecular formula is C17H15IN2. The number of hydrogen-bond donors (Lipinski definition) is 1. The van der Waals surface area contributed by atoms with Crippen LogP contribution in [-0.2, 0) is 0 Å². The molecule has 1 aromatic carbocycles. The summed E-state index contributed by atoms with van der Waals surface area (Å²) < 4.78 is 1.31. The minimum atomic E-state index is 0.380. The Balaban J connectivity index is 1.80. The zero-order valence-corrected chi connectivity index (χ0v) is 13.1. The highest BCUT2D eigenvalue weighted by atomic mass is 127. The molecule has 1 N–H and O–H groups in total. The minimum Gasteiger partial charge on any atom is -0.378 e. The molecule has 0 radical (unpaired) electrons. The molecule has 4 rings (SSSR count). The predicted molar refractivity (Wildman–Crippen MR) is 89.7 cm³/mol. The lowest BCUT2D eigenvalue weighted by molar-refractivity contribution is 0.425. The normalized spacial score (nSPS) is 26.8. The summed E-state index contributed by atoms with van der Waals surface area (Å²) in [5, 5.41) is 3.74. The third-order valence-electron chi connectivity index (χ3n) is 4.39. The lowest BCUT2D eigenvalue weighted by atomic mass is 9.77. The first-order valence-electron chi connectivity index (χ1n) is 6.95. The minimum absolute atomic E-state index is 0.380. The van der Waals surface area contributed by atoms with Crippen LogP contribution in [0.25, 0.3) is 0 Å². The second kappa shape index (κ2) is 4.88. The van der Waals surface area contributed by atoms with E-state index in [0.717, 1.165) is 6.42 Å². The van der Waals surface area contributed by atoms with Crippen molar-refractivity contribution < 1.29 is 0 Å². The summed E-state index contributed by atoms with van der Waals surface area (Å²) in [6.45, 7) is 0. The first-order chi connectivity index (χ1) is 9.83. The molecule has 0 unspecified atom stereocenters. The second-order valence-corrected chi connectivity index (χ2v) is 6.73. The van der Waals surface area contributed by atoms with Crippen molar-refractivity contribution in [2.45, 2.75) is 18.4 Å². The van der Waals surface area contributed by atoms with Crippen molar-refractivity contribution in [2.24, 2.45) is 5.92 Å². The number of hydrogen-bond acceptors (Lipinski definition) is 2. The highest BCUT2D eigenvalue weighted by molar-refractivity contribution is 14.1. The van der Waals surface area contributed by atoms with Crippen molar-refractivity contribution in [3.8, 4) is 0 Å². The zero-order valence-electron chi connectivity index (χ0n) is 11.0. The maximum Gasteiger partial charge on any atom is 0.0555 e. The van der Waals surface area contributed by atoms with Gasteiger partial charge in [-0.05, 0) is 76.4 Å². The molecule has 0 spiro atoms. The van der Waals surface area contributed by atoms with Crippen LogP contribution in [0.2, 0.25) is 0 Å². The SMILES string of the molecule is Ic1ccc2c(c1)[C@H]1C=CC[C@H]1[C@H](c1ccncc1)N2. The van der Waals surface area contributed by atoms with E-state index in [1.54, 1.807) is 0 Å². The smallest absolute Gasteiger partial charge is 0.0555 e. The van der Waals surface area contributed by atoms with Crippen LogP contribution in [0.15, 0.2) is 54.9 Å². The van der Waals surface area contributed by atoms with Crippen molar-refractivity contribution in [3.05, 3.63) is 69.6 Å². The number of allylic oxidation sites excluding steroid dienone is 2. The van der Waals surface area contributed by atoms with Gasteiger partial charge in [0.25, 0.3) is 0 Å². The summed E-state index contributed by atoms with van der Waals surface area (Å²) in [5.74, 6) is 1.15. The van der Waals surface area contributed by atoms with Crippen molar-refractivity contribution in [1.29, 1.82) is 0 Å². The molecule has 1 aliphatic carbocycles. The van der Waals surface area contributed by atoms with Crippen molar-refractivity contribution in [2.75, 3.05) is 5.32 Å². The molecule has 20 heavy (non-hydrogen) atoms. The number of benzene rings is 1. The Bertz CT molecular complexity index is 666. The fourth-order valence-electron chi connectivity index (χ4n) is 3.47. The number of halogens is 1. The largest absolute Gasteiger partial charge is 0.378 e. The highest BCUT2D eigenvalue weighted by Crippen LogP contribution is 2.49. The molecule has 100 valence electrons. The Morgan fingerprint density at radius 2 is 2.00 bits per heavy atom. The molecule has 2 aliphatic rings. The van der Waals surface area contributed by atoms with E-state index in [1.165, 1.54) is 20.4 Å². The summed E-state index contributed by atoms with van der Waals surface area (Å²) >= 11 is 2.40. The summed E-state index contributed by atoms with van der Waals surface area (Å²) in [5.41, 5.74) is 4.06. The van der Waals surface area contributed by atoms with Crippen LogP contribution in [0.4, 0.5) is 5.69 Å². The number of anilines is 1. The van der Waals surface area contributed by atoms with E-state index in [9.17, 15) is 0 Å². The van der Waals surface area contributed by atoms with Crippen LogP contribution in [-0.4, -0.2) is 4.98 Å². The maximum atomic E-state index is 4.14. The maximum absolute atomic E-state index is 4.14. The average Bonchev–Trinajstić information content (AvgIpc) is 2.97. The molecule has 0 saturated heterocycles. The molecule has 2 aromatic rings. The van der Waals surface area contributed by atoms with E-state index in [0.29, 0.717) is 17.9 Å². The molecule has 3 atom stereocenters. The molecule has 1 aliphatic heterocycles. The van der Waals surface area contributed by atoms with Gasteiger partial charge in [0.15, 0.2) is 0 Å². The Kier molecular flexibility index (Phi) is 3.02. The Morgan fingerprint density at radius 3 is 2.85 bits per heavy atom. The number of aromatic nitrogens is 1. The topological polar surface area (TPSA) is 24.9 Å². The quantitative estimate of drug-likeness (QED) is 0.587. The third-order valence-corrected chi connectivity index (χ3v) is 5.06. The van der Waals surface area contributed by atoms with Crippen LogP contribution in [0.3, 0.4) is 0 Å². The standard InChI is InChI=1S/C17H15IN2/c18-12-4-5-16-15(10-12)13-2-1-3-14(13)17(20-16)11-6-8-19-9-7-11/h1-2,4-10,13-14,17,20H,3H2/t13-,14+,17-/m0/s1. The van der Waals surface area contributed by atoms with Gasteiger partial charge < -0.3 is 5.32 Å². The fourth-order valence-corrected chi connectivity index (χ4v) is 3.98. The molecule has 0 bridgehead atoms. The summed E-state index contributed by atoms with van der Waals surface area (Å²) in [4.78, 5) is 4.14. The Hall–Kier alpha value is -1.36. The molecule has 0 fully saturated rings. The van der Waals surface area contributed by atoms with E-state index in [2.05, 4.69) is 75.4 Å². The Morgan fingerprint density at radius 1 is 1.15 bits per heavy atom. The lowest BCUT2D eigenvalue weighted by Crippen LogP contribution is -2.29. The number of rotatable bonds is 1. The van der Waals surface area contributed by atoms with Crippen LogP contribution >= 0.6 is 22.6 Å². The molecule has 0 amide bonds. The number of fused-ring (bicyclic) bond motifs is 3. The second-order valence-electron chi connectivity index (χ2n) is 5.49. The van der Waals surface area contributed by atoms with E-state index in [1.807, 2.05) is 12.4 Å². The highest BCUT2D eigenvalue weighted by Gasteiger charge is 2.37. The number of nitrogens with one attached hydrogen (secondary N) is 1. The van der Waals surface area contributed by atoms with Gasteiger partial charge >= 0.3 is 0 Å². The fraction of sp³-hybridized carbons (Fsp3) is 0.235. The van der Waals surface area contributed by atoms with Gasteiger partial charge in [0.05, 0.1) is 6.04 Å². The van der Waals surface area contributed by atoms with E-state index >= 15 is 0 Å². The van der Waals surface area contributed by atoms with Gasteiger partial charge in [0.2, 0.25) is 0 Å². The van der Waals surface area contributed by atoms with Gasteiger partial charge in [-0.25, -0.2) is 0 Å². The Labute approximate surface area is 132 Å². The first-order valence-corrected chi connectivity index (χ1v) is 8.03. The van der Waals surface area contributed by atoms with Gasteiger partial charge in [-0.15, -0.1) is 0 Å². The van der Waals surface area contributed by atoms with Gasteiger partial charge in [0, 0.05) is 27.6 Å². The molecule has 1 aromatic heterocycles. The van der Waals surface area contributed by atoms with Crippen LogP contribution < -0.4 is 5.32 Å². The van der Waals surface area contributed by atoms with Gasteiger partial charge in [-0.3, -0.25) is 4.98 Å². The van der Waals surface area contributed by atoms with E-state index in [4.69, 9.17) is 0 Å². The first kappa shape index (κ1) is 12.4. The van der Waals surface area contributed by atoms with Gasteiger partial charge in [0.1, 0.15) is 0 Å². The predicted octanol–water partition coefficient (Wildman–Crippen LogP) is 4.51. The molecule has 0 saturated carbocycles. The molecule has 2 nitrogen and oxygen atoms in total. The number of nitrogens with zero attached hydrogens (tertiary/aromatic N) is 1. The van der Waals surface area contributed by atoms with Crippen molar-refractivity contribution in [1.82, 2.24) is 4.98 Å². The molecule has 2 heterocycles. The zero-order chi connectivity index (χ0) is 13.5.